The van der Waals surface area contributed by atoms with Gasteiger partial charge in [0.2, 0.25) is 5.91 Å². The first-order chi connectivity index (χ1) is 17.3. The minimum atomic E-state index is -1.17. The summed E-state index contributed by atoms with van der Waals surface area (Å²) in [6.45, 7) is 20.4. The Morgan fingerprint density at radius 2 is 1.89 bits per heavy atom. The molecule has 1 aliphatic heterocycles. The number of anilines is 2. The number of aromatic nitrogens is 2. The van der Waals surface area contributed by atoms with Crippen molar-refractivity contribution in [3.05, 3.63) is 62.7 Å². The first kappa shape index (κ1) is 30.1. The molecular weight excluding hydrogens is 484 g/mol. The monoisotopic (exact) mass is 524 g/mol. The molecule has 1 amide bonds. The molecule has 2 heterocycles. The number of fused-ring (bicyclic) bond motifs is 1. The number of carbonyl (C=O) groups excluding carboxylic acids is 1. The molecule has 0 fully saturated rings. The highest BCUT2D eigenvalue weighted by Crippen LogP contribution is 2.48. The Balaban J connectivity index is 2.66. The second-order valence-electron chi connectivity index (χ2n) is 9.74. The number of carbonyl (C=O) groups is 2. The van der Waals surface area contributed by atoms with Crippen LogP contribution in [0.5, 0.6) is 0 Å². The van der Waals surface area contributed by atoms with Gasteiger partial charge < -0.3 is 16.2 Å². The fraction of sp³-hybridized carbons (Fsp3) is 0.448. The summed E-state index contributed by atoms with van der Waals surface area (Å²) in [5.74, 6) is 0.207. The predicted octanol–water partition coefficient (Wildman–Crippen LogP) is 7.02. The van der Waals surface area contributed by atoms with Crippen LogP contribution >= 0.6 is 11.8 Å². The van der Waals surface area contributed by atoms with Crippen molar-refractivity contribution < 1.29 is 14.7 Å². The summed E-state index contributed by atoms with van der Waals surface area (Å²) >= 11 is 1.24. The summed E-state index contributed by atoms with van der Waals surface area (Å²) in [6, 6.07) is 0. The summed E-state index contributed by atoms with van der Waals surface area (Å²) in [5.41, 5.74) is 10.9. The van der Waals surface area contributed by atoms with E-state index in [1.807, 2.05) is 19.9 Å². The lowest BCUT2D eigenvalue weighted by Gasteiger charge is -2.25. The molecule has 0 saturated carbocycles. The average molecular weight is 525 g/mol. The van der Waals surface area contributed by atoms with Gasteiger partial charge in [-0.1, -0.05) is 63.1 Å². The van der Waals surface area contributed by atoms with Gasteiger partial charge in [0.15, 0.2) is 5.82 Å². The van der Waals surface area contributed by atoms with Crippen molar-refractivity contribution in [1.29, 1.82) is 0 Å². The molecule has 2 rings (SSSR count). The smallest absolute Gasteiger partial charge is 0.307 e. The minimum Gasteiger partial charge on any atom is -0.481 e. The zero-order valence-corrected chi connectivity index (χ0v) is 24.1. The number of hydrogen-bond donors (Lipinski definition) is 3. The summed E-state index contributed by atoms with van der Waals surface area (Å²) in [6.07, 6.45) is 5.41. The Morgan fingerprint density at radius 3 is 2.41 bits per heavy atom. The molecule has 37 heavy (non-hydrogen) atoms. The molecule has 0 bridgehead atoms. The largest absolute Gasteiger partial charge is 0.481 e. The van der Waals surface area contributed by atoms with Gasteiger partial charge in [-0.2, -0.15) is 0 Å². The summed E-state index contributed by atoms with van der Waals surface area (Å²) in [7, 11) is 0. The molecule has 0 spiro atoms. The molecule has 0 aliphatic carbocycles. The number of carboxylic acids is 1. The van der Waals surface area contributed by atoms with Crippen LogP contribution < -0.4 is 11.1 Å². The Kier molecular flexibility index (Phi) is 10.1. The number of hydrogen-bond acceptors (Lipinski definition) is 6. The van der Waals surface area contributed by atoms with Gasteiger partial charge in [0.25, 0.3) is 0 Å². The summed E-state index contributed by atoms with van der Waals surface area (Å²) in [4.78, 5) is 34.5. The first-order valence-corrected chi connectivity index (χ1v) is 13.5. The highest BCUT2D eigenvalue weighted by atomic mass is 32.2. The van der Waals surface area contributed by atoms with Crippen LogP contribution in [0, 0.1) is 5.92 Å². The topological polar surface area (TPSA) is 118 Å². The van der Waals surface area contributed by atoms with Gasteiger partial charge in [-0.15, -0.1) is 11.8 Å². The highest BCUT2D eigenvalue weighted by molar-refractivity contribution is 8.05. The number of nitrogens with one attached hydrogen (secondary N) is 1. The number of aliphatic carboxylic acids is 1. The molecule has 0 aromatic carbocycles. The van der Waals surface area contributed by atoms with E-state index >= 15 is 0 Å². The number of rotatable bonds is 11. The number of thioether (sulfide) groups is 1. The number of nitrogens with two attached hydrogens (primary N) is 1. The van der Waals surface area contributed by atoms with Gasteiger partial charge in [-0.3, -0.25) is 9.59 Å². The third-order valence-electron chi connectivity index (χ3n) is 6.96. The molecule has 1 aromatic rings. The van der Waals surface area contributed by atoms with E-state index in [1.54, 1.807) is 12.3 Å². The van der Waals surface area contributed by atoms with Crippen molar-refractivity contribution in [2.45, 2.75) is 80.1 Å². The maximum Gasteiger partial charge on any atom is 0.307 e. The number of amides is 1. The van der Waals surface area contributed by atoms with Gasteiger partial charge in [-0.25, -0.2) is 9.97 Å². The van der Waals surface area contributed by atoms with Crippen LogP contribution in [0.2, 0.25) is 0 Å². The van der Waals surface area contributed by atoms with Gasteiger partial charge in [0, 0.05) is 10.5 Å². The summed E-state index contributed by atoms with van der Waals surface area (Å²) < 4.78 is 0. The maximum atomic E-state index is 13.3. The molecule has 1 aliphatic rings. The highest BCUT2D eigenvalue weighted by Gasteiger charge is 2.48. The Morgan fingerprint density at radius 1 is 1.24 bits per heavy atom. The van der Waals surface area contributed by atoms with E-state index in [2.05, 4.69) is 52.6 Å². The summed E-state index contributed by atoms with van der Waals surface area (Å²) in [5, 5.41) is 13.8. The molecule has 0 saturated heterocycles. The van der Waals surface area contributed by atoms with E-state index in [9.17, 15) is 9.59 Å². The zero-order chi connectivity index (χ0) is 28.1. The standard InChI is InChI=1S/C29H40N4O3S/c1-10-13-21(18(7)16(4)5)23(17(6)11-2)26-31-25(30)24-27(32-26)33-28(36)29(24,9)19(8)37-15-20(12-3)14-22(34)35/h10,13,15-16H,8,11-12,14H2,1-7,9H3,(H,34,35)(H3,30,31,32,33,36)/b13-10-,20-15+,21-18-,23-17-. The van der Waals surface area contributed by atoms with E-state index in [-0.39, 0.29) is 18.1 Å². The third kappa shape index (κ3) is 6.24. The lowest BCUT2D eigenvalue weighted by atomic mass is 9.84. The SMILES string of the molecule is C=C(S/C=C(\CC)CC(=O)O)C1(C)C(=O)Nc2nc(C(=C(/C)CC)/C(/C=C\C)=C(/C)C(C)C)nc(N)c21. The number of allylic oxidation sites excluding steroid dienone is 6. The van der Waals surface area contributed by atoms with Crippen LogP contribution in [0.1, 0.15) is 86.0 Å². The molecule has 1 unspecified atom stereocenters. The van der Waals surface area contributed by atoms with Gasteiger partial charge in [0.05, 0.1) is 12.0 Å². The predicted molar refractivity (Wildman–Crippen MR) is 155 cm³/mol. The molecule has 8 heteroatoms. The van der Waals surface area contributed by atoms with E-state index in [1.165, 1.54) is 17.3 Å². The number of carboxylic acid groups (broad SMARTS) is 1. The average Bonchev–Trinajstić information content (AvgIpc) is 3.10. The first-order valence-electron chi connectivity index (χ1n) is 12.6. The van der Waals surface area contributed by atoms with Crippen molar-refractivity contribution in [1.82, 2.24) is 9.97 Å². The molecule has 4 N–H and O–H groups in total. The van der Waals surface area contributed by atoms with Crippen molar-refractivity contribution in [2.75, 3.05) is 11.1 Å². The van der Waals surface area contributed by atoms with Gasteiger partial charge in [-0.05, 0) is 57.4 Å². The van der Waals surface area contributed by atoms with Gasteiger partial charge >= 0.3 is 5.97 Å². The van der Waals surface area contributed by atoms with Crippen LogP contribution in [0.25, 0.3) is 5.57 Å². The zero-order valence-electron chi connectivity index (χ0n) is 23.3. The second-order valence-corrected chi connectivity index (χ2v) is 10.7. The van der Waals surface area contributed by atoms with Crippen molar-refractivity contribution in [3.63, 3.8) is 0 Å². The Bertz CT molecular complexity index is 1220. The van der Waals surface area contributed by atoms with Crippen LogP contribution in [0.3, 0.4) is 0 Å². The molecular formula is C29H40N4O3S. The number of nitrogens with zero attached hydrogens (tertiary/aromatic N) is 2. The van der Waals surface area contributed by atoms with Crippen LogP contribution in [-0.4, -0.2) is 27.0 Å². The maximum absolute atomic E-state index is 13.3. The van der Waals surface area contributed by atoms with Gasteiger partial charge in [0.1, 0.15) is 17.1 Å². The van der Waals surface area contributed by atoms with E-state index < -0.39 is 11.4 Å². The second kappa shape index (κ2) is 12.4. The minimum absolute atomic E-state index is 0.0609. The van der Waals surface area contributed by atoms with Crippen molar-refractivity contribution in [3.8, 4) is 0 Å². The molecule has 7 nitrogen and oxygen atoms in total. The fourth-order valence-electron chi connectivity index (χ4n) is 4.11. The normalized spacial score (nSPS) is 19.1. The van der Waals surface area contributed by atoms with Crippen LogP contribution in [0.15, 0.2) is 51.3 Å². The Labute approximate surface area is 225 Å². The van der Waals surface area contributed by atoms with E-state index in [0.29, 0.717) is 34.4 Å². The lowest BCUT2D eigenvalue weighted by molar-refractivity contribution is -0.136. The van der Waals surface area contributed by atoms with Crippen molar-refractivity contribution >= 4 is 40.8 Å². The van der Waals surface area contributed by atoms with Crippen molar-refractivity contribution in [2.24, 2.45) is 5.92 Å². The fourth-order valence-corrected chi connectivity index (χ4v) is 5.10. The molecule has 1 atom stereocenters. The quantitative estimate of drug-likeness (QED) is 0.266. The Hall–Kier alpha value is -3.13. The lowest BCUT2D eigenvalue weighted by Crippen LogP contribution is -2.32. The van der Waals surface area contributed by atoms with Crippen LogP contribution in [-0.2, 0) is 15.0 Å². The number of nitrogen functional groups attached to an aromatic ring is 1. The van der Waals surface area contributed by atoms with E-state index in [0.717, 1.165) is 28.7 Å². The van der Waals surface area contributed by atoms with E-state index in [4.69, 9.17) is 20.8 Å². The van der Waals surface area contributed by atoms with Crippen LogP contribution in [0.4, 0.5) is 11.6 Å². The molecule has 200 valence electrons. The molecule has 0 radical (unpaired) electrons. The molecule has 1 aromatic heterocycles. The third-order valence-corrected chi connectivity index (χ3v) is 8.10.